The van der Waals surface area contributed by atoms with Gasteiger partial charge in [0.15, 0.2) is 0 Å². The number of aliphatic imine (C=N–C) groups is 2. The van der Waals surface area contributed by atoms with E-state index in [0.29, 0.717) is 0 Å². The highest BCUT2D eigenvalue weighted by Crippen LogP contribution is 2.40. The van der Waals surface area contributed by atoms with Crippen molar-refractivity contribution in [2.24, 2.45) is 9.98 Å². The fourth-order valence-electron chi connectivity index (χ4n) is 8.99. The Kier molecular flexibility index (Phi) is 8.93. The summed E-state index contributed by atoms with van der Waals surface area (Å²) in [4.78, 5) is 20.0. The third-order valence-corrected chi connectivity index (χ3v) is 11.4. The lowest BCUT2D eigenvalue weighted by atomic mass is 9.86. The van der Waals surface area contributed by atoms with Gasteiger partial charge in [0.25, 0.3) is 0 Å². The maximum absolute atomic E-state index is 5.54. The lowest BCUT2D eigenvalue weighted by Gasteiger charge is -2.20. The zero-order valence-electron chi connectivity index (χ0n) is 34.0. The number of aromatic amines is 1. The van der Waals surface area contributed by atoms with E-state index in [0.717, 1.165) is 78.1 Å². The summed E-state index contributed by atoms with van der Waals surface area (Å²) in [5, 5.41) is 1.99. The Morgan fingerprint density at radius 2 is 0.754 bits per heavy atom. The van der Waals surface area contributed by atoms with Crippen molar-refractivity contribution in [2.45, 2.75) is 55.4 Å². The number of benzene rings is 4. The Bertz CT molecular complexity index is 2740. The predicted molar refractivity (Wildman–Crippen MR) is 238 cm³/mol. The number of rotatable bonds is 4. The largest absolute Gasteiger partial charge is 0.354 e. The minimum absolute atomic E-state index is 0.905. The lowest BCUT2D eigenvalue weighted by molar-refractivity contribution is 1.23. The second-order valence-corrected chi connectivity index (χ2v) is 16.0. The Hall–Kier alpha value is -6.65. The Morgan fingerprint density at radius 1 is 0.368 bits per heavy atom. The van der Waals surface area contributed by atoms with Crippen LogP contribution in [0.2, 0.25) is 0 Å². The molecule has 4 heteroatoms. The minimum Gasteiger partial charge on any atom is -0.354 e. The van der Waals surface area contributed by atoms with Gasteiger partial charge in [-0.25, -0.2) is 9.98 Å². The van der Waals surface area contributed by atoms with Crippen LogP contribution in [0.1, 0.15) is 77.9 Å². The molecule has 0 saturated heterocycles. The van der Waals surface area contributed by atoms with Crippen molar-refractivity contribution in [2.75, 3.05) is 0 Å². The molecule has 278 valence electrons. The van der Waals surface area contributed by atoms with Crippen molar-refractivity contribution < 1.29 is 0 Å². The van der Waals surface area contributed by atoms with E-state index in [1.165, 1.54) is 55.6 Å². The first-order chi connectivity index (χ1) is 27.5. The quantitative estimate of drug-likeness (QED) is 0.192. The van der Waals surface area contributed by atoms with Gasteiger partial charge >= 0.3 is 0 Å². The number of hydrogen-bond acceptors (Lipinski definition) is 3. The van der Waals surface area contributed by atoms with Crippen LogP contribution in [0.5, 0.6) is 0 Å². The maximum atomic E-state index is 5.54. The molecule has 0 atom stereocenters. The number of hydrogen-bond donors (Lipinski definition) is 1. The van der Waals surface area contributed by atoms with Crippen LogP contribution in [0, 0.1) is 55.4 Å². The molecule has 4 nitrogen and oxygen atoms in total. The Balaban J connectivity index is 1.46. The third kappa shape index (κ3) is 6.51. The van der Waals surface area contributed by atoms with E-state index in [-0.39, 0.29) is 0 Å². The number of fused-ring (bicyclic) bond motifs is 6. The monoisotopic (exact) mass is 738 g/mol. The van der Waals surface area contributed by atoms with Gasteiger partial charge in [-0.2, -0.15) is 0 Å². The van der Waals surface area contributed by atoms with Crippen LogP contribution < -0.4 is 10.7 Å². The summed E-state index contributed by atoms with van der Waals surface area (Å²) >= 11 is 0. The van der Waals surface area contributed by atoms with Gasteiger partial charge in [-0.15, -0.1) is 0 Å². The van der Waals surface area contributed by atoms with Gasteiger partial charge in [-0.1, -0.05) is 95.1 Å². The van der Waals surface area contributed by atoms with Crippen LogP contribution in [-0.4, -0.2) is 21.4 Å². The number of nitrogens with zero attached hydrogens (tertiary/aromatic N) is 3. The van der Waals surface area contributed by atoms with Gasteiger partial charge in [-0.05, 0) is 142 Å². The molecule has 0 radical (unpaired) electrons. The second-order valence-electron chi connectivity index (χ2n) is 16.0. The highest BCUT2D eigenvalue weighted by atomic mass is 14.8. The smallest absolute Gasteiger partial charge is 0.0737 e. The zero-order valence-corrected chi connectivity index (χ0v) is 34.0. The van der Waals surface area contributed by atoms with Gasteiger partial charge in [0.1, 0.15) is 0 Å². The SMILES string of the molecule is Cc1ccc(C2=c3ccc([nH]3)=C(c3ccc(C)cc3)C3=NC(=C(c4c(C)cc(C)cc4C)c4cncc(c4)C(c4c(C)cc(C)cc4C)=C4C=CC2=N4)C=C3)cc1. The molecule has 5 heterocycles. The minimum atomic E-state index is 0.905. The summed E-state index contributed by atoms with van der Waals surface area (Å²) in [5.74, 6) is 0. The molecule has 6 aromatic rings. The first-order valence-electron chi connectivity index (χ1n) is 19.7. The van der Waals surface area contributed by atoms with Crippen LogP contribution in [0.25, 0.3) is 22.3 Å². The average molecular weight is 739 g/mol. The van der Waals surface area contributed by atoms with Gasteiger partial charge in [-0.3, -0.25) is 4.98 Å². The number of pyridine rings is 1. The molecule has 9 rings (SSSR count). The molecular formula is C53H46N4. The molecule has 4 aromatic carbocycles. The van der Waals surface area contributed by atoms with Crippen LogP contribution in [0.4, 0.5) is 0 Å². The third-order valence-electron chi connectivity index (χ3n) is 11.4. The summed E-state index contributed by atoms with van der Waals surface area (Å²) in [5.41, 5.74) is 24.2. The normalized spacial score (nSPS) is 14.9. The topological polar surface area (TPSA) is 53.4 Å². The van der Waals surface area contributed by atoms with Crippen molar-refractivity contribution >= 4 is 33.7 Å². The van der Waals surface area contributed by atoms with Crippen molar-refractivity contribution in [3.8, 4) is 0 Å². The molecular weight excluding hydrogens is 693 g/mol. The lowest BCUT2D eigenvalue weighted by Crippen LogP contribution is -2.21. The molecule has 57 heavy (non-hydrogen) atoms. The average Bonchev–Trinajstić information content (AvgIpc) is 3.96. The van der Waals surface area contributed by atoms with Crippen molar-refractivity contribution in [1.82, 2.24) is 9.97 Å². The predicted octanol–water partition coefficient (Wildman–Crippen LogP) is 10.5. The van der Waals surface area contributed by atoms with Gasteiger partial charge in [0.05, 0.1) is 22.8 Å². The molecule has 0 aliphatic carbocycles. The maximum Gasteiger partial charge on any atom is 0.0737 e. The molecule has 0 unspecified atom stereocenters. The zero-order chi connectivity index (χ0) is 39.5. The van der Waals surface area contributed by atoms with Crippen LogP contribution in [0.15, 0.2) is 149 Å². The molecule has 0 spiro atoms. The van der Waals surface area contributed by atoms with E-state index in [2.05, 4.69) is 176 Å². The molecule has 8 bridgehead atoms. The van der Waals surface area contributed by atoms with E-state index in [1.54, 1.807) is 0 Å². The molecule has 3 aliphatic heterocycles. The first kappa shape index (κ1) is 36.0. The first-order valence-corrected chi connectivity index (χ1v) is 19.7. The van der Waals surface area contributed by atoms with Gasteiger partial charge < -0.3 is 4.98 Å². The molecule has 1 N–H and O–H groups in total. The van der Waals surface area contributed by atoms with E-state index in [4.69, 9.17) is 15.0 Å². The highest BCUT2D eigenvalue weighted by Gasteiger charge is 2.25. The summed E-state index contributed by atoms with van der Waals surface area (Å²) in [6.45, 7) is 17.4. The fraction of sp³-hybridized carbons (Fsp3) is 0.151. The second kappa shape index (κ2) is 14.1. The summed E-state index contributed by atoms with van der Waals surface area (Å²) in [6, 6.07) is 33.3. The van der Waals surface area contributed by atoms with E-state index in [9.17, 15) is 0 Å². The van der Waals surface area contributed by atoms with E-state index >= 15 is 0 Å². The summed E-state index contributed by atoms with van der Waals surface area (Å²) in [7, 11) is 0. The summed E-state index contributed by atoms with van der Waals surface area (Å²) in [6.07, 6.45) is 12.7. The van der Waals surface area contributed by atoms with Crippen molar-refractivity contribution in [3.63, 3.8) is 0 Å². The van der Waals surface area contributed by atoms with Crippen LogP contribution >= 0.6 is 0 Å². The highest BCUT2D eigenvalue weighted by molar-refractivity contribution is 6.31. The number of allylic oxidation sites excluding steroid dienone is 4. The number of H-pyrrole nitrogens is 1. The Morgan fingerprint density at radius 3 is 1.14 bits per heavy atom. The number of aromatic nitrogens is 2. The van der Waals surface area contributed by atoms with Gasteiger partial charge in [0, 0.05) is 56.5 Å². The van der Waals surface area contributed by atoms with Crippen LogP contribution in [-0.2, 0) is 0 Å². The number of aryl methyl sites for hydroxylation is 8. The van der Waals surface area contributed by atoms with Crippen molar-refractivity contribution in [1.29, 1.82) is 0 Å². The molecule has 3 aliphatic rings. The van der Waals surface area contributed by atoms with E-state index in [1.807, 2.05) is 12.4 Å². The van der Waals surface area contributed by atoms with E-state index < -0.39 is 0 Å². The number of nitrogens with one attached hydrogen (secondary N) is 1. The molecule has 2 aromatic heterocycles. The van der Waals surface area contributed by atoms with Crippen LogP contribution in [0.3, 0.4) is 0 Å². The fourth-order valence-corrected chi connectivity index (χ4v) is 8.99. The summed E-state index contributed by atoms with van der Waals surface area (Å²) < 4.78 is 0. The molecule has 0 fully saturated rings. The standard InChI is InChI=1S/C53H46N4/c1-30-9-13-38(14-10-30)50-42-17-18-43(55-42)51(39-15-11-31(2)12-16-39)45-20-22-47(57-45)53(49-36(7)25-33(4)26-37(49)8)41-27-40(28-54-29-41)52(46-21-19-44(50)56-46)48-34(5)23-32(3)24-35(48)6/h9-29,55H,1-8H3. The Labute approximate surface area is 335 Å². The molecule has 0 saturated carbocycles. The molecule has 0 amide bonds. The van der Waals surface area contributed by atoms with Gasteiger partial charge in [0.2, 0.25) is 0 Å². The van der Waals surface area contributed by atoms with Crippen molar-refractivity contribution in [3.05, 3.63) is 228 Å².